The standard InChI is InChI=1S/C14H28N2O/c1-12(2)11-15-7-4-8-16-9-10-17-14-6-3-5-13(14)16/h12-15H,3-11H2,1-2H3. The van der Waals surface area contributed by atoms with Gasteiger partial charge in [0.25, 0.3) is 0 Å². The Morgan fingerprint density at radius 3 is 3.06 bits per heavy atom. The molecule has 2 rings (SSSR count). The van der Waals surface area contributed by atoms with Crippen molar-refractivity contribution in [1.29, 1.82) is 0 Å². The lowest BCUT2D eigenvalue weighted by atomic mass is 10.1. The monoisotopic (exact) mass is 240 g/mol. The average Bonchev–Trinajstić information content (AvgIpc) is 2.77. The summed E-state index contributed by atoms with van der Waals surface area (Å²) >= 11 is 0. The molecule has 2 atom stereocenters. The van der Waals surface area contributed by atoms with Crippen LogP contribution in [0.5, 0.6) is 0 Å². The molecule has 0 aromatic rings. The van der Waals surface area contributed by atoms with Crippen molar-refractivity contribution in [2.45, 2.75) is 51.7 Å². The summed E-state index contributed by atoms with van der Waals surface area (Å²) in [5.74, 6) is 0.762. The summed E-state index contributed by atoms with van der Waals surface area (Å²) in [5, 5.41) is 3.53. The number of nitrogens with zero attached hydrogens (tertiary/aromatic N) is 1. The second kappa shape index (κ2) is 6.72. The zero-order valence-corrected chi connectivity index (χ0v) is 11.5. The van der Waals surface area contributed by atoms with Crippen molar-refractivity contribution >= 4 is 0 Å². The van der Waals surface area contributed by atoms with E-state index in [1.807, 2.05) is 0 Å². The lowest BCUT2D eigenvalue weighted by Gasteiger charge is -2.37. The van der Waals surface area contributed by atoms with Crippen LogP contribution in [0.1, 0.15) is 39.5 Å². The van der Waals surface area contributed by atoms with Gasteiger partial charge in [-0.05, 0) is 51.2 Å². The van der Waals surface area contributed by atoms with Gasteiger partial charge in [0.05, 0.1) is 12.7 Å². The molecule has 3 heteroatoms. The van der Waals surface area contributed by atoms with Gasteiger partial charge in [0.2, 0.25) is 0 Å². The minimum absolute atomic E-state index is 0.548. The molecule has 2 fully saturated rings. The van der Waals surface area contributed by atoms with Crippen molar-refractivity contribution < 1.29 is 4.74 Å². The van der Waals surface area contributed by atoms with Gasteiger partial charge >= 0.3 is 0 Å². The zero-order chi connectivity index (χ0) is 12.1. The van der Waals surface area contributed by atoms with E-state index < -0.39 is 0 Å². The van der Waals surface area contributed by atoms with Crippen LogP contribution >= 0.6 is 0 Å². The molecule has 0 spiro atoms. The first-order valence-electron chi connectivity index (χ1n) is 7.33. The van der Waals surface area contributed by atoms with E-state index in [0.29, 0.717) is 6.10 Å². The highest BCUT2D eigenvalue weighted by Gasteiger charge is 2.35. The molecule has 2 unspecified atom stereocenters. The maximum atomic E-state index is 5.83. The second-order valence-corrected chi connectivity index (χ2v) is 5.89. The molecule has 1 aliphatic heterocycles. The molecule has 17 heavy (non-hydrogen) atoms. The third-order valence-corrected chi connectivity index (χ3v) is 3.95. The first-order chi connectivity index (χ1) is 8.27. The van der Waals surface area contributed by atoms with Crippen molar-refractivity contribution in [3.05, 3.63) is 0 Å². The lowest BCUT2D eigenvalue weighted by Crippen LogP contribution is -2.49. The average molecular weight is 240 g/mol. The summed E-state index contributed by atoms with van der Waals surface area (Å²) in [5.41, 5.74) is 0. The summed E-state index contributed by atoms with van der Waals surface area (Å²) < 4.78 is 5.83. The van der Waals surface area contributed by atoms with Crippen LogP contribution in [0.4, 0.5) is 0 Å². The van der Waals surface area contributed by atoms with Gasteiger partial charge in [0, 0.05) is 12.6 Å². The molecule has 1 N–H and O–H groups in total. The highest BCUT2D eigenvalue weighted by atomic mass is 16.5. The van der Waals surface area contributed by atoms with Crippen LogP contribution in [0.3, 0.4) is 0 Å². The molecule has 0 aromatic carbocycles. The Hall–Kier alpha value is -0.120. The molecular weight excluding hydrogens is 212 g/mol. The van der Waals surface area contributed by atoms with Crippen molar-refractivity contribution in [2.24, 2.45) is 5.92 Å². The maximum absolute atomic E-state index is 5.83. The maximum Gasteiger partial charge on any atom is 0.0730 e. The first-order valence-corrected chi connectivity index (χ1v) is 7.33. The molecule has 1 saturated carbocycles. The van der Waals surface area contributed by atoms with Crippen molar-refractivity contribution in [1.82, 2.24) is 10.2 Å². The summed E-state index contributed by atoms with van der Waals surface area (Å²) in [6.07, 6.45) is 5.82. The molecule has 0 aromatic heterocycles. The zero-order valence-electron chi connectivity index (χ0n) is 11.5. The minimum Gasteiger partial charge on any atom is -0.375 e. The summed E-state index contributed by atoms with van der Waals surface area (Å²) in [6, 6.07) is 0.730. The lowest BCUT2D eigenvalue weighted by molar-refractivity contribution is -0.0556. The minimum atomic E-state index is 0.548. The van der Waals surface area contributed by atoms with E-state index in [1.165, 1.54) is 32.2 Å². The van der Waals surface area contributed by atoms with Gasteiger partial charge in [-0.3, -0.25) is 4.90 Å². The molecule has 1 heterocycles. The number of nitrogens with one attached hydrogen (secondary N) is 1. The Bertz CT molecular complexity index is 220. The number of ether oxygens (including phenoxy) is 1. The molecule has 0 radical (unpaired) electrons. The fraction of sp³-hybridized carbons (Fsp3) is 1.00. The van der Waals surface area contributed by atoms with E-state index >= 15 is 0 Å². The SMILES string of the molecule is CC(C)CNCCCN1CCOC2CCCC21. The normalized spacial score (nSPS) is 29.8. The summed E-state index contributed by atoms with van der Waals surface area (Å²) in [6.45, 7) is 10.2. The third-order valence-electron chi connectivity index (χ3n) is 3.95. The Morgan fingerprint density at radius 1 is 1.35 bits per heavy atom. The largest absolute Gasteiger partial charge is 0.375 e. The number of morpholine rings is 1. The molecule has 2 aliphatic rings. The van der Waals surface area contributed by atoms with Gasteiger partial charge in [-0.1, -0.05) is 13.8 Å². The Kier molecular flexibility index (Phi) is 5.26. The second-order valence-electron chi connectivity index (χ2n) is 5.89. The quantitative estimate of drug-likeness (QED) is 0.717. The molecule has 0 bridgehead atoms. The van der Waals surface area contributed by atoms with E-state index in [1.54, 1.807) is 0 Å². The van der Waals surface area contributed by atoms with Crippen LogP contribution in [0, 0.1) is 5.92 Å². The highest BCUT2D eigenvalue weighted by Crippen LogP contribution is 2.29. The van der Waals surface area contributed by atoms with Crippen LogP contribution in [0.15, 0.2) is 0 Å². The molecule has 1 aliphatic carbocycles. The van der Waals surface area contributed by atoms with Gasteiger partial charge in [-0.25, -0.2) is 0 Å². The summed E-state index contributed by atoms with van der Waals surface area (Å²) in [7, 11) is 0. The highest BCUT2D eigenvalue weighted by molar-refractivity contribution is 4.89. The number of rotatable bonds is 6. The van der Waals surface area contributed by atoms with Crippen LogP contribution in [-0.2, 0) is 4.74 Å². The van der Waals surface area contributed by atoms with E-state index in [0.717, 1.165) is 38.2 Å². The Labute approximate surface area is 106 Å². The van der Waals surface area contributed by atoms with Crippen molar-refractivity contribution in [3.8, 4) is 0 Å². The molecular formula is C14H28N2O. The fourth-order valence-electron chi connectivity index (χ4n) is 3.08. The number of hydrogen-bond donors (Lipinski definition) is 1. The van der Waals surface area contributed by atoms with E-state index in [9.17, 15) is 0 Å². The Balaban J connectivity index is 1.61. The van der Waals surface area contributed by atoms with Gasteiger partial charge in [-0.15, -0.1) is 0 Å². The number of hydrogen-bond acceptors (Lipinski definition) is 3. The first kappa shape index (κ1) is 13.3. The topological polar surface area (TPSA) is 24.5 Å². The van der Waals surface area contributed by atoms with Crippen LogP contribution < -0.4 is 5.32 Å². The van der Waals surface area contributed by atoms with Crippen LogP contribution in [0.2, 0.25) is 0 Å². The predicted molar refractivity (Wildman–Crippen MR) is 71.3 cm³/mol. The molecule has 0 amide bonds. The van der Waals surface area contributed by atoms with E-state index in [4.69, 9.17) is 4.74 Å². The third kappa shape index (κ3) is 3.94. The van der Waals surface area contributed by atoms with Gasteiger partial charge < -0.3 is 10.1 Å². The smallest absolute Gasteiger partial charge is 0.0730 e. The van der Waals surface area contributed by atoms with Gasteiger partial charge in [0.15, 0.2) is 0 Å². The fourth-order valence-corrected chi connectivity index (χ4v) is 3.08. The molecule has 1 saturated heterocycles. The van der Waals surface area contributed by atoms with Crippen LogP contribution in [-0.4, -0.2) is 49.8 Å². The van der Waals surface area contributed by atoms with E-state index in [-0.39, 0.29) is 0 Å². The van der Waals surface area contributed by atoms with Gasteiger partial charge in [0.1, 0.15) is 0 Å². The summed E-state index contributed by atoms with van der Waals surface area (Å²) in [4.78, 5) is 2.66. The van der Waals surface area contributed by atoms with Gasteiger partial charge in [-0.2, -0.15) is 0 Å². The number of fused-ring (bicyclic) bond motifs is 1. The Morgan fingerprint density at radius 2 is 2.24 bits per heavy atom. The molecule has 100 valence electrons. The molecule has 3 nitrogen and oxygen atoms in total. The van der Waals surface area contributed by atoms with Crippen molar-refractivity contribution in [2.75, 3.05) is 32.8 Å². The van der Waals surface area contributed by atoms with E-state index in [2.05, 4.69) is 24.1 Å². The predicted octanol–water partition coefficient (Wildman–Crippen LogP) is 1.88. The van der Waals surface area contributed by atoms with Crippen LogP contribution in [0.25, 0.3) is 0 Å². The van der Waals surface area contributed by atoms with Crippen molar-refractivity contribution in [3.63, 3.8) is 0 Å².